The molecule has 18 heavy (non-hydrogen) atoms. The zero-order chi connectivity index (χ0) is 14.1. The zero-order valence-corrected chi connectivity index (χ0v) is 11.5. The van der Waals surface area contributed by atoms with Crippen LogP contribution >= 0.6 is 0 Å². The van der Waals surface area contributed by atoms with Gasteiger partial charge in [0.1, 0.15) is 0 Å². The first kappa shape index (κ1) is 14.9. The monoisotopic (exact) mass is 259 g/mol. The number of ether oxygens (including phenoxy) is 2. The maximum atomic E-state index is 11.9. The van der Waals surface area contributed by atoms with Crippen LogP contribution in [0.4, 0.5) is 4.79 Å². The van der Waals surface area contributed by atoms with E-state index in [4.69, 9.17) is 0 Å². The SMILES string of the molecule is CCOC(=O)OC(=O)[C@H]1CC(C)(C)N(O)C1(C)C. The predicted octanol–water partition coefficient (Wildman–Crippen LogP) is 1.95. The molecule has 0 bridgehead atoms. The Morgan fingerprint density at radius 3 is 2.28 bits per heavy atom. The van der Waals surface area contributed by atoms with E-state index < -0.39 is 29.1 Å². The number of nitrogens with zero attached hydrogens (tertiary/aromatic N) is 1. The molecule has 0 unspecified atom stereocenters. The molecule has 1 aliphatic heterocycles. The summed E-state index contributed by atoms with van der Waals surface area (Å²) < 4.78 is 9.18. The van der Waals surface area contributed by atoms with E-state index in [0.29, 0.717) is 6.42 Å². The maximum absolute atomic E-state index is 11.9. The lowest BCUT2D eigenvalue weighted by atomic mass is 9.87. The van der Waals surface area contributed by atoms with E-state index in [1.807, 2.05) is 13.8 Å². The van der Waals surface area contributed by atoms with E-state index in [1.165, 1.54) is 0 Å². The molecule has 1 heterocycles. The molecule has 6 heteroatoms. The van der Waals surface area contributed by atoms with Crippen LogP contribution in [0, 0.1) is 5.92 Å². The van der Waals surface area contributed by atoms with Crippen LogP contribution in [-0.2, 0) is 14.3 Å². The largest absolute Gasteiger partial charge is 0.516 e. The number of carbonyl (C=O) groups is 2. The molecule has 0 amide bonds. The van der Waals surface area contributed by atoms with Gasteiger partial charge in [-0.3, -0.25) is 4.79 Å². The predicted molar refractivity (Wildman–Crippen MR) is 63.0 cm³/mol. The Kier molecular flexibility index (Phi) is 4.02. The third kappa shape index (κ3) is 2.64. The van der Waals surface area contributed by atoms with Gasteiger partial charge in [-0.05, 0) is 41.0 Å². The van der Waals surface area contributed by atoms with Gasteiger partial charge in [-0.2, -0.15) is 5.06 Å². The Hall–Kier alpha value is -1.14. The van der Waals surface area contributed by atoms with Crippen molar-refractivity contribution < 1.29 is 24.3 Å². The Morgan fingerprint density at radius 2 is 1.89 bits per heavy atom. The van der Waals surface area contributed by atoms with Gasteiger partial charge >= 0.3 is 12.1 Å². The molecule has 1 atom stereocenters. The molecular formula is C12H21NO5. The van der Waals surface area contributed by atoms with Crippen molar-refractivity contribution in [2.45, 2.75) is 52.1 Å². The molecule has 1 N–H and O–H groups in total. The fraction of sp³-hybridized carbons (Fsp3) is 0.833. The number of hydrogen-bond acceptors (Lipinski definition) is 6. The minimum atomic E-state index is -0.993. The Labute approximate surface area is 107 Å². The Morgan fingerprint density at radius 1 is 1.33 bits per heavy atom. The fourth-order valence-electron chi connectivity index (χ4n) is 2.44. The molecule has 1 rings (SSSR count). The molecule has 0 aromatic carbocycles. The Balaban J connectivity index is 2.78. The van der Waals surface area contributed by atoms with Gasteiger partial charge in [0.2, 0.25) is 0 Å². The lowest BCUT2D eigenvalue weighted by Gasteiger charge is -2.35. The zero-order valence-electron chi connectivity index (χ0n) is 11.5. The molecule has 1 aliphatic rings. The van der Waals surface area contributed by atoms with Gasteiger partial charge < -0.3 is 14.7 Å². The van der Waals surface area contributed by atoms with Crippen LogP contribution in [0.1, 0.15) is 41.0 Å². The quantitative estimate of drug-likeness (QED) is 0.603. The summed E-state index contributed by atoms with van der Waals surface area (Å²) in [7, 11) is 0. The highest BCUT2D eigenvalue weighted by Gasteiger charge is 2.55. The standard InChI is InChI=1S/C12H21NO5/c1-6-17-10(15)18-9(14)8-7-11(2,3)13(16)12(8,4)5/h8,16H,6-7H2,1-5H3/t8-/m1/s1. The van der Waals surface area contributed by atoms with Crippen molar-refractivity contribution in [3.63, 3.8) is 0 Å². The van der Waals surface area contributed by atoms with Crippen LogP contribution in [0.2, 0.25) is 0 Å². The molecule has 104 valence electrons. The van der Waals surface area contributed by atoms with Gasteiger partial charge in [0.15, 0.2) is 0 Å². The fourth-order valence-corrected chi connectivity index (χ4v) is 2.44. The van der Waals surface area contributed by atoms with Crippen LogP contribution in [0.5, 0.6) is 0 Å². The van der Waals surface area contributed by atoms with Crippen molar-refractivity contribution in [1.82, 2.24) is 5.06 Å². The summed E-state index contributed by atoms with van der Waals surface area (Å²) in [5.41, 5.74) is -1.32. The molecule has 0 spiro atoms. The molecule has 0 saturated carbocycles. The van der Waals surface area contributed by atoms with Crippen molar-refractivity contribution in [3.05, 3.63) is 0 Å². The van der Waals surface area contributed by atoms with Crippen molar-refractivity contribution in [1.29, 1.82) is 0 Å². The van der Waals surface area contributed by atoms with Gasteiger partial charge in [0.05, 0.1) is 18.1 Å². The number of carbonyl (C=O) groups excluding carboxylic acids is 2. The minimum Gasteiger partial charge on any atom is -0.434 e. The first-order chi connectivity index (χ1) is 8.13. The second kappa shape index (κ2) is 4.85. The highest BCUT2D eigenvalue weighted by Crippen LogP contribution is 2.43. The second-order valence-corrected chi connectivity index (χ2v) is 5.64. The van der Waals surface area contributed by atoms with E-state index in [0.717, 1.165) is 5.06 Å². The summed E-state index contributed by atoms with van der Waals surface area (Å²) >= 11 is 0. The van der Waals surface area contributed by atoms with Gasteiger partial charge in [-0.15, -0.1) is 0 Å². The summed E-state index contributed by atoms with van der Waals surface area (Å²) in [4.78, 5) is 23.0. The summed E-state index contributed by atoms with van der Waals surface area (Å²) in [6.45, 7) is 8.90. The van der Waals surface area contributed by atoms with Gasteiger partial charge in [-0.1, -0.05) is 0 Å². The highest BCUT2D eigenvalue weighted by atomic mass is 16.7. The molecule has 0 aliphatic carbocycles. The summed E-state index contributed by atoms with van der Waals surface area (Å²) in [5.74, 6) is -1.25. The maximum Gasteiger partial charge on any atom is 0.516 e. The van der Waals surface area contributed by atoms with Gasteiger partial charge in [-0.25, -0.2) is 4.79 Å². The minimum absolute atomic E-state index is 0.151. The van der Waals surface area contributed by atoms with Crippen molar-refractivity contribution in [2.75, 3.05) is 6.61 Å². The normalized spacial score (nSPS) is 25.8. The van der Waals surface area contributed by atoms with Crippen LogP contribution < -0.4 is 0 Å². The highest BCUT2D eigenvalue weighted by molar-refractivity contribution is 5.84. The summed E-state index contributed by atoms with van der Waals surface area (Å²) in [6, 6.07) is 0. The number of hydrogen-bond donors (Lipinski definition) is 1. The molecule has 1 fully saturated rings. The number of rotatable bonds is 2. The third-order valence-corrected chi connectivity index (χ3v) is 3.41. The first-order valence-electron chi connectivity index (χ1n) is 6.00. The van der Waals surface area contributed by atoms with Crippen molar-refractivity contribution in [3.8, 4) is 0 Å². The topological polar surface area (TPSA) is 76.1 Å². The van der Waals surface area contributed by atoms with Crippen molar-refractivity contribution >= 4 is 12.1 Å². The molecule has 1 saturated heterocycles. The smallest absolute Gasteiger partial charge is 0.434 e. The van der Waals surface area contributed by atoms with Gasteiger partial charge in [0, 0.05) is 5.54 Å². The van der Waals surface area contributed by atoms with Crippen LogP contribution in [0.15, 0.2) is 0 Å². The summed E-state index contributed by atoms with van der Waals surface area (Å²) in [6.07, 6.45) is -0.582. The molecular weight excluding hydrogens is 238 g/mol. The molecule has 6 nitrogen and oxygen atoms in total. The van der Waals surface area contributed by atoms with Crippen LogP contribution in [-0.4, -0.2) is 40.1 Å². The number of hydroxylamine groups is 2. The molecule has 0 aromatic rings. The van der Waals surface area contributed by atoms with Crippen LogP contribution in [0.25, 0.3) is 0 Å². The lowest BCUT2D eigenvalue weighted by Crippen LogP contribution is -2.48. The van der Waals surface area contributed by atoms with E-state index in [-0.39, 0.29) is 6.61 Å². The lowest BCUT2D eigenvalue weighted by molar-refractivity contribution is -0.199. The van der Waals surface area contributed by atoms with Crippen LogP contribution in [0.3, 0.4) is 0 Å². The van der Waals surface area contributed by atoms with E-state index >= 15 is 0 Å². The average molecular weight is 259 g/mol. The van der Waals surface area contributed by atoms with Gasteiger partial charge in [0.25, 0.3) is 0 Å². The van der Waals surface area contributed by atoms with E-state index in [9.17, 15) is 14.8 Å². The Bertz CT molecular complexity index is 350. The molecule has 0 radical (unpaired) electrons. The summed E-state index contributed by atoms with van der Waals surface area (Å²) in [5, 5.41) is 11.2. The van der Waals surface area contributed by atoms with E-state index in [1.54, 1.807) is 20.8 Å². The average Bonchev–Trinajstić information content (AvgIpc) is 2.39. The molecule has 0 aromatic heterocycles. The first-order valence-corrected chi connectivity index (χ1v) is 6.00. The van der Waals surface area contributed by atoms with Crippen molar-refractivity contribution in [2.24, 2.45) is 5.92 Å². The second-order valence-electron chi connectivity index (χ2n) is 5.64. The third-order valence-electron chi connectivity index (χ3n) is 3.41. The van der Waals surface area contributed by atoms with E-state index in [2.05, 4.69) is 9.47 Å². The number of esters is 1.